The molecule has 0 saturated heterocycles. The van der Waals surface area contributed by atoms with Gasteiger partial charge in [0.05, 0.1) is 8.07 Å². The molecule has 19 heavy (non-hydrogen) atoms. The third-order valence-corrected chi connectivity index (χ3v) is 9.74. The number of allylic oxidation sites excluding steroid dienone is 4. The smallest absolute Gasteiger partial charge is 1.00 e. The maximum Gasteiger partial charge on any atom is 1.00 e. The second-order valence-electron chi connectivity index (χ2n) is 8.01. The topological polar surface area (TPSA) is 0 Å². The summed E-state index contributed by atoms with van der Waals surface area (Å²) in [6.07, 6.45) is 15.0. The van der Waals surface area contributed by atoms with E-state index in [0.29, 0.717) is 0 Å². The van der Waals surface area contributed by atoms with Gasteiger partial charge in [-0.1, -0.05) is 89.3 Å². The summed E-state index contributed by atoms with van der Waals surface area (Å²) in [6.45, 7) is 14.7. The molecule has 0 bridgehead atoms. The van der Waals surface area contributed by atoms with E-state index in [4.69, 9.17) is 0 Å². The van der Waals surface area contributed by atoms with Crippen LogP contribution < -0.4 is 51.4 Å². The molecule has 0 N–H and O–H groups in total. The zero-order valence-electron chi connectivity index (χ0n) is 15.3. The first kappa shape index (κ1) is 20.6. The molecule has 108 valence electrons. The van der Waals surface area contributed by atoms with Gasteiger partial charge in [-0.2, -0.15) is 0 Å². The molecule has 2 aliphatic rings. The summed E-state index contributed by atoms with van der Waals surface area (Å²) >= 11 is 0. The fourth-order valence-corrected chi connectivity index (χ4v) is 6.32. The largest absolute Gasteiger partial charge is 1.00 e. The van der Waals surface area contributed by atoms with Crippen molar-refractivity contribution in [1.29, 1.82) is 0 Å². The van der Waals surface area contributed by atoms with Crippen LogP contribution in [0.25, 0.3) is 0 Å². The first-order valence-electron chi connectivity index (χ1n) is 7.56. The van der Waals surface area contributed by atoms with Crippen LogP contribution in [0.2, 0.25) is 50.4 Å². The molecule has 1 fully saturated rings. The van der Waals surface area contributed by atoms with Gasteiger partial charge in [-0.15, -0.1) is 0 Å². The van der Waals surface area contributed by atoms with Crippen LogP contribution in [0, 0.1) is 0 Å². The number of hydrogen-bond acceptors (Lipinski definition) is 0. The van der Waals surface area contributed by atoms with Gasteiger partial charge in [-0.25, -0.2) is 0 Å². The van der Waals surface area contributed by atoms with E-state index in [1.807, 2.05) is 0 Å². The Balaban J connectivity index is -0.000000270. The second kappa shape index (κ2) is 8.86. The molecule has 0 unspecified atom stereocenters. The van der Waals surface area contributed by atoms with Crippen molar-refractivity contribution in [2.24, 2.45) is 0 Å². The summed E-state index contributed by atoms with van der Waals surface area (Å²) in [5.41, 5.74) is 1.94. The van der Waals surface area contributed by atoms with Gasteiger partial charge in [0, 0.05) is 9.50 Å². The molecule has 0 aromatic carbocycles. The molecule has 2 aliphatic carbocycles. The van der Waals surface area contributed by atoms with Crippen molar-refractivity contribution in [2.45, 2.75) is 76.0 Å². The van der Waals surface area contributed by atoms with Gasteiger partial charge >= 0.3 is 51.4 Å². The summed E-state index contributed by atoms with van der Waals surface area (Å²) in [5, 5.41) is 0. The molecule has 0 amide bonds. The van der Waals surface area contributed by atoms with Crippen molar-refractivity contribution in [3.63, 3.8) is 0 Å². The minimum Gasteiger partial charge on any atom is -1.00 e. The molecular formula is C16H35KSi2. The fraction of sp³-hybridized carbons (Fsp3) is 0.750. The maximum absolute atomic E-state index is 2.50. The minimum absolute atomic E-state index is 0. The van der Waals surface area contributed by atoms with E-state index in [0.717, 1.165) is 11.1 Å². The first-order valence-corrected chi connectivity index (χ1v) is 14.7. The average Bonchev–Trinajstić information content (AvgIpc) is 2.91. The average molecular weight is 323 g/mol. The Morgan fingerprint density at radius 1 is 0.842 bits per heavy atom. The van der Waals surface area contributed by atoms with Crippen molar-refractivity contribution in [3.8, 4) is 0 Å². The standard InChI is InChI=1S/C8H18Si.C8H14Si.K.H2.H/c2*1-9(2,3)8-6-4-5-7-8;;;/h8H,4-7H2,1-3H3;4-8H,1-3H3;;1H;/q;;+1;;-1. The van der Waals surface area contributed by atoms with Crippen LogP contribution in [0.15, 0.2) is 24.3 Å². The summed E-state index contributed by atoms with van der Waals surface area (Å²) < 4.78 is 0. The van der Waals surface area contributed by atoms with Crippen molar-refractivity contribution in [2.75, 3.05) is 0 Å². The summed E-state index contributed by atoms with van der Waals surface area (Å²) in [6, 6.07) is 0. The zero-order chi connectivity index (χ0) is 13.8. The van der Waals surface area contributed by atoms with Gasteiger partial charge in [-0.3, -0.25) is 0 Å². The van der Waals surface area contributed by atoms with E-state index in [1.165, 1.54) is 25.7 Å². The van der Waals surface area contributed by atoms with E-state index >= 15 is 0 Å². The number of hydrogen-bond donors (Lipinski definition) is 0. The molecule has 0 heterocycles. The normalized spacial score (nSPS) is 20.1. The molecule has 0 nitrogen and oxygen atoms in total. The molecule has 0 aliphatic heterocycles. The summed E-state index contributed by atoms with van der Waals surface area (Å²) in [7, 11) is -1.62. The van der Waals surface area contributed by atoms with Crippen LogP contribution in [-0.4, -0.2) is 16.1 Å². The van der Waals surface area contributed by atoms with Crippen LogP contribution >= 0.6 is 0 Å². The molecule has 2 rings (SSSR count). The van der Waals surface area contributed by atoms with Crippen molar-refractivity contribution >= 4 is 16.1 Å². The van der Waals surface area contributed by atoms with E-state index in [9.17, 15) is 0 Å². The Bertz CT molecular complexity index is 299. The Morgan fingerprint density at radius 3 is 1.47 bits per heavy atom. The Hall–Kier alpha value is 1.55. The van der Waals surface area contributed by atoms with Crippen LogP contribution in [0.3, 0.4) is 0 Å². The van der Waals surface area contributed by atoms with Gasteiger partial charge in [-0.05, 0) is 11.1 Å². The Labute approximate surface area is 168 Å². The molecule has 0 spiro atoms. The van der Waals surface area contributed by atoms with E-state index in [-0.39, 0.29) is 54.2 Å². The molecule has 0 aromatic rings. The van der Waals surface area contributed by atoms with Crippen LogP contribution in [0.1, 0.15) is 28.5 Å². The van der Waals surface area contributed by atoms with E-state index in [2.05, 4.69) is 63.6 Å². The third kappa shape index (κ3) is 7.93. The van der Waals surface area contributed by atoms with Crippen LogP contribution in [-0.2, 0) is 0 Å². The molecular weight excluding hydrogens is 287 g/mol. The molecule has 0 aromatic heterocycles. The first-order chi connectivity index (χ1) is 8.21. The number of rotatable bonds is 2. The predicted octanol–water partition coefficient (Wildman–Crippen LogP) is 3.45. The Morgan fingerprint density at radius 2 is 1.26 bits per heavy atom. The van der Waals surface area contributed by atoms with Crippen LogP contribution in [0.4, 0.5) is 0 Å². The van der Waals surface area contributed by atoms with Crippen LogP contribution in [0.5, 0.6) is 0 Å². The van der Waals surface area contributed by atoms with E-state index < -0.39 is 16.1 Å². The molecule has 0 radical (unpaired) electrons. The van der Waals surface area contributed by atoms with Gasteiger partial charge in [0.1, 0.15) is 0 Å². The van der Waals surface area contributed by atoms with Gasteiger partial charge in [0.25, 0.3) is 0 Å². The zero-order valence-corrected chi connectivity index (χ0v) is 19.4. The Kier molecular flexibility index (Phi) is 9.59. The van der Waals surface area contributed by atoms with Gasteiger partial charge in [0.2, 0.25) is 0 Å². The van der Waals surface area contributed by atoms with Gasteiger partial charge < -0.3 is 1.43 Å². The molecule has 1 saturated carbocycles. The van der Waals surface area contributed by atoms with Crippen molar-refractivity contribution in [1.82, 2.24) is 0 Å². The monoisotopic (exact) mass is 322 g/mol. The molecule has 3 heteroatoms. The van der Waals surface area contributed by atoms with E-state index in [1.54, 1.807) is 0 Å². The SMILES string of the molecule is C[Si](C)(C)C1C=CC=C1.C[Si](C)(C)C1CCCC1.[H-].[HH].[K+]. The predicted molar refractivity (Wildman–Crippen MR) is 94.2 cm³/mol. The van der Waals surface area contributed by atoms with Gasteiger partial charge in [0.15, 0.2) is 0 Å². The van der Waals surface area contributed by atoms with Crippen molar-refractivity contribution < 1.29 is 54.2 Å². The van der Waals surface area contributed by atoms with Crippen molar-refractivity contribution in [3.05, 3.63) is 24.3 Å². The summed E-state index contributed by atoms with van der Waals surface area (Å²) in [5.74, 6) is 0. The maximum atomic E-state index is 2.50. The minimum atomic E-state index is -0.898. The summed E-state index contributed by atoms with van der Waals surface area (Å²) in [4.78, 5) is 0. The second-order valence-corrected chi connectivity index (χ2v) is 19.0. The fourth-order valence-electron chi connectivity index (χ4n) is 2.80. The quantitative estimate of drug-likeness (QED) is 0.683. The molecule has 0 atom stereocenters. The third-order valence-electron chi connectivity index (χ3n) is 4.33.